The first-order chi connectivity index (χ1) is 8.74. The minimum absolute atomic E-state index is 0.101. The molecule has 5 heteroatoms. The van der Waals surface area contributed by atoms with E-state index in [1.807, 2.05) is 29.6 Å². The van der Waals surface area contributed by atoms with Gasteiger partial charge in [0.1, 0.15) is 0 Å². The number of hydrogen-bond acceptors (Lipinski definition) is 3. The van der Waals surface area contributed by atoms with Gasteiger partial charge in [0.05, 0.1) is 11.8 Å². The number of hydrogen-bond donors (Lipinski definition) is 1. The maximum Gasteiger partial charge on any atom is 0.260 e. The maximum atomic E-state index is 11.9. The lowest BCUT2D eigenvalue weighted by Gasteiger charge is -2.03. The predicted molar refractivity (Wildman–Crippen MR) is 73.5 cm³/mol. The average molecular weight is 278 g/mol. The van der Waals surface area contributed by atoms with Crippen LogP contribution >= 0.6 is 22.9 Å². The molecular weight excluding hydrogens is 270 g/mol. The molecule has 0 radical (unpaired) electrons. The SMILES string of the molecule is O=C(Nc1ccc2sccc2c1)c1ccoc1Cl. The minimum Gasteiger partial charge on any atom is -0.452 e. The van der Waals surface area contributed by atoms with Crippen molar-refractivity contribution >= 4 is 44.6 Å². The zero-order valence-corrected chi connectivity index (χ0v) is 10.7. The average Bonchev–Trinajstić information content (AvgIpc) is 2.96. The summed E-state index contributed by atoms with van der Waals surface area (Å²) in [7, 11) is 0. The standard InChI is InChI=1S/C13H8ClNO2S/c14-12-10(3-5-17-12)13(16)15-9-1-2-11-8(7-9)4-6-18-11/h1-7H,(H,15,16). The predicted octanol–water partition coefficient (Wildman–Crippen LogP) is 4.40. The summed E-state index contributed by atoms with van der Waals surface area (Å²) in [6.07, 6.45) is 1.39. The van der Waals surface area contributed by atoms with Crippen molar-refractivity contribution in [1.82, 2.24) is 0 Å². The van der Waals surface area contributed by atoms with Crippen molar-refractivity contribution < 1.29 is 9.21 Å². The van der Waals surface area contributed by atoms with Crippen LogP contribution in [-0.4, -0.2) is 5.91 Å². The summed E-state index contributed by atoms with van der Waals surface area (Å²) in [5.74, 6) is -0.275. The number of nitrogens with one attached hydrogen (secondary N) is 1. The van der Waals surface area contributed by atoms with Crippen LogP contribution < -0.4 is 5.32 Å². The van der Waals surface area contributed by atoms with Crippen molar-refractivity contribution in [3.05, 3.63) is 52.8 Å². The third-order valence-corrected chi connectivity index (χ3v) is 3.76. The number of fused-ring (bicyclic) bond motifs is 1. The Bertz CT molecular complexity index is 716. The third-order valence-electron chi connectivity index (χ3n) is 2.57. The summed E-state index contributed by atoms with van der Waals surface area (Å²) < 4.78 is 6.08. The van der Waals surface area contributed by atoms with Crippen LogP contribution in [0.2, 0.25) is 5.22 Å². The van der Waals surface area contributed by atoms with E-state index in [0.717, 1.165) is 11.1 Å². The van der Waals surface area contributed by atoms with Gasteiger partial charge in [-0.25, -0.2) is 0 Å². The lowest BCUT2D eigenvalue weighted by Crippen LogP contribution is -2.11. The molecule has 0 bridgehead atoms. The van der Waals surface area contributed by atoms with Crippen molar-refractivity contribution in [1.29, 1.82) is 0 Å². The number of halogens is 1. The Morgan fingerprint density at radius 2 is 2.17 bits per heavy atom. The van der Waals surface area contributed by atoms with Gasteiger partial charge in [0.15, 0.2) is 0 Å². The van der Waals surface area contributed by atoms with Gasteiger partial charge in [0.2, 0.25) is 5.22 Å². The highest BCUT2D eigenvalue weighted by Gasteiger charge is 2.13. The van der Waals surface area contributed by atoms with E-state index in [9.17, 15) is 4.79 Å². The van der Waals surface area contributed by atoms with E-state index in [0.29, 0.717) is 5.56 Å². The number of carbonyl (C=O) groups excluding carboxylic acids is 1. The zero-order valence-electron chi connectivity index (χ0n) is 9.14. The molecule has 18 heavy (non-hydrogen) atoms. The van der Waals surface area contributed by atoms with E-state index >= 15 is 0 Å². The van der Waals surface area contributed by atoms with Gasteiger partial charge in [-0.1, -0.05) is 0 Å². The molecule has 0 fully saturated rings. The van der Waals surface area contributed by atoms with Crippen molar-refractivity contribution in [3.8, 4) is 0 Å². The van der Waals surface area contributed by atoms with E-state index in [1.54, 1.807) is 17.4 Å². The van der Waals surface area contributed by atoms with E-state index in [-0.39, 0.29) is 11.1 Å². The number of carbonyl (C=O) groups is 1. The lowest BCUT2D eigenvalue weighted by molar-refractivity contribution is 0.102. The fourth-order valence-electron chi connectivity index (χ4n) is 1.70. The third kappa shape index (κ3) is 2.00. The molecule has 3 rings (SSSR count). The van der Waals surface area contributed by atoms with E-state index in [1.165, 1.54) is 11.0 Å². The molecular formula is C13H8ClNO2S. The number of furan rings is 1. The molecule has 0 aliphatic carbocycles. The number of benzene rings is 1. The van der Waals surface area contributed by atoms with Gasteiger partial charge < -0.3 is 9.73 Å². The summed E-state index contributed by atoms with van der Waals surface area (Å²) in [6.45, 7) is 0. The van der Waals surface area contributed by atoms with Gasteiger partial charge in [0.25, 0.3) is 5.91 Å². The van der Waals surface area contributed by atoms with Gasteiger partial charge >= 0.3 is 0 Å². The fourth-order valence-corrected chi connectivity index (χ4v) is 2.67. The molecule has 0 spiro atoms. The van der Waals surface area contributed by atoms with Crippen molar-refractivity contribution in [2.24, 2.45) is 0 Å². The summed E-state index contributed by atoms with van der Waals surface area (Å²) in [6, 6.07) is 9.33. The maximum absolute atomic E-state index is 11.9. The second-order valence-corrected chi connectivity index (χ2v) is 5.03. The van der Waals surface area contributed by atoms with Gasteiger partial charge in [-0.05, 0) is 52.7 Å². The Labute approximate surface area is 112 Å². The molecule has 0 saturated heterocycles. The van der Waals surface area contributed by atoms with Crippen LogP contribution in [0.4, 0.5) is 5.69 Å². The second kappa shape index (κ2) is 4.48. The molecule has 0 aliphatic heterocycles. The van der Waals surface area contributed by atoms with Gasteiger partial charge in [0, 0.05) is 10.4 Å². The van der Waals surface area contributed by atoms with Gasteiger partial charge in [-0.15, -0.1) is 11.3 Å². The van der Waals surface area contributed by atoms with E-state index in [2.05, 4.69) is 5.32 Å². The number of rotatable bonds is 2. The number of anilines is 1. The van der Waals surface area contributed by atoms with Crippen LogP contribution in [0.5, 0.6) is 0 Å². The normalized spacial score (nSPS) is 10.7. The molecule has 1 amide bonds. The molecule has 90 valence electrons. The van der Waals surface area contributed by atoms with Gasteiger partial charge in [-0.2, -0.15) is 0 Å². The number of amides is 1. The molecule has 0 saturated carbocycles. The molecule has 1 aromatic carbocycles. The van der Waals surface area contributed by atoms with Crippen molar-refractivity contribution in [2.45, 2.75) is 0 Å². The van der Waals surface area contributed by atoms with E-state index in [4.69, 9.17) is 16.0 Å². The van der Waals surface area contributed by atoms with E-state index < -0.39 is 0 Å². The lowest BCUT2D eigenvalue weighted by atomic mass is 10.2. The summed E-state index contributed by atoms with van der Waals surface area (Å²) in [4.78, 5) is 11.9. The Morgan fingerprint density at radius 1 is 1.28 bits per heavy atom. The Morgan fingerprint density at radius 3 is 2.94 bits per heavy atom. The first kappa shape index (κ1) is 11.3. The highest BCUT2D eigenvalue weighted by atomic mass is 35.5. The van der Waals surface area contributed by atoms with Crippen LogP contribution in [0.25, 0.3) is 10.1 Å². The summed E-state index contributed by atoms with van der Waals surface area (Å²) in [5, 5.41) is 6.01. The Hall–Kier alpha value is -1.78. The second-order valence-electron chi connectivity index (χ2n) is 3.74. The highest BCUT2D eigenvalue weighted by molar-refractivity contribution is 7.17. The molecule has 2 heterocycles. The molecule has 3 nitrogen and oxygen atoms in total. The first-order valence-corrected chi connectivity index (χ1v) is 6.51. The van der Waals surface area contributed by atoms with Gasteiger partial charge in [-0.3, -0.25) is 4.79 Å². The van der Waals surface area contributed by atoms with Crippen molar-refractivity contribution in [3.63, 3.8) is 0 Å². The smallest absolute Gasteiger partial charge is 0.260 e. The van der Waals surface area contributed by atoms with Crippen LogP contribution in [0, 0.1) is 0 Å². The monoisotopic (exact) mass is 277 g/mol. The Balaban J connectivity index is 1.88. The molecule has 2 aromatic heterocycles. The van der Waals surface area contributed by atoms with Crippen molar-refractivity contribution in [2.75, 3.05) is 5.32 Å². The summed E-state index contributed by atoms with van der Waals surface area (Å²) in [5.41, 5.74) is 1.07. The largest absolute Gasteiger partial charge is 0.452 e. The Kier molecular flexibility index (Phi) is 2.81. The first-order valence-electron chi connectivity index (χ1n) is 5.25. The van der Waals surface area contributed by atoms with Crippen LogP contribution in [0.3, 0.4) is 0 Å². The van der Waals surface area contributed by atoms with Crippen LogP contribution in [0.15, 0.2) is 46.4 Å². The topological polar surface area (TPSA) is 42.2 Å². The minimum atomic E-state index is -0.275. The molecule has 0 unspecified atom stereocenters. The highest BCUT2D eigenvalue weighted by Crippen LogP contribution is 2.25. The zero-order chi connectivity index (χ0) is 12.5. The molecule has 3 aromatic rings. The van der Waals surface area contributed by atoms with Crippen LogP contribution in [-0.2, 0) is 0 Å². The quantitative estimate of drug-likeness (QED) is 0.754. The number of thiophene rings is 1. The summed E-state index contributed by atoms with van der Waals surface area (Å²) >= 11 is 7.42. The van der Waals surface area contributed by atoms with Crippen LogP contribution in [0.1, 0.15) is 10.4 Å². The molecule has 1 N–H and O–H groups in total. The molecule has 0 aliphatic rings. The fraction of sp³-hybridized carbons (Fsp3) is 0. The molecule has 0 atom stereocenters.